The van der Waals surface area contributed by atoms with Gasteiger partial charge in [0.25, 0.3) is 5.91 Å². The van der Waals surface area contributed by atoms with E-state index in [1.807, 2.05) is 32.0 Å². The third-order valence-corrected chi connectivity index (χ3v) is 8.13. The highest BCUT2D eigenvalue weighted by atomic mass is 16.3. The van der Waals surface area contributed by atoms with Gasteiger partial charge in [0.1, 0.15) is 22.8 Å². The van der Waals surface area contributed by atoms with Crippen LogP contribution in [0.15, 0.2) is 23.0 Å². The van der Waals surface area contributed by atoms with Crippen molar-refractivity contribution in [1.82, 2.24) is 0 Å². The van der Waals surface area contributed by atoms with Crippen molar-refractivity contribution in [1.29, 1.82) is 0 Å². The zero-order valence-electron chi connectivity index (χ0n) is 21.2. The lowest BCUT2D eigenvalue weighted by Crippen LogP contribution is -2.58. The van der Waals surface area contributed by atoms with Gasteiger partial charge in [0.05, 0.1) is 5.56 Å². The average molecular weight is 515 g/mol. The van der Waals surface area contributed by atoms with Crippen LogP contribution in [0.4, 0.5) is 5.69 Å². The molecule has 0 bridgehead atoms. The summed E-state index contributed by atoms with van der Waals surface area (Å²) in [6, 6.07) is 1.86. The lowest BCUT2D eigenvalue weighted by Gasteiger charge is -2.46. The second-order valence-electron chi connectivity index (χ2n) is 10.7. The van der Waals surface area contributed by atoms with Crippen molar-refractivity contribution >= 4 is 28.9 Å². The predicted molar refractivity (Wildman–Crippen MR) is 135 cm³/mol. The molecule has 3 aliphatic carbocycles. The second kappa shape index (κ2) is 9.50. The Morgan fingerprint density at radius 3 is 2.46 bits per heavy atom. The third kappa shape index (κ3) is 4.08. The summed E-state index contributed by atoms with van der Waals surface area (Å²) in [6.45, 7) is 2.06. The van der Waals surface area contributed by atoms with Crippen LogP contribution in [0, 0.1) is 17.8 Å². The zero-order chi connectivity index (χ0) is 27.4. The summed E-state index contributed by atoms with van der Waals surface area (Å²) in [5, 5.41) is 53.9. The van der Waals surface area contributed by atoms with Gasteiger partial charge >= 0.3 is 0 Å². The molecule has 10 nitrogen and oxygen atoms in total. The number of aromatic hydroxyl groups is 1. The number of benzene rings is 1. The minimum absolute atomic E-state index is 0.0604. The van der Waals surface area contributed by atoms with E-state index in [0.29, 0.717) is 30.4 Å². The van der Waals surface area contributed by atoms with Gasteiger partial charge < -0.3 is 36.2 Å². The number of anilines is 1. The van der Waals surface area contributed by atoms with Gasteiger partial charge in [0.2, 0.25) is 5.78 Å². The number of ketones is 2. The molecule has 0 aliphatic heterocycles. The minimum atomic E-state index is -2.58. The SMILES string of the molecule is CC(CCO)CCc1cc(N(C)C)c2c(c1O)C(O)=C1C(=O)[C@]3(O)C(O)=C(C(N)=O)C(=O)C[C@@H]3C[C@@H]1C2. The number of carbonyl (C=O) groups is 3. The first-order chi connectivity index (χ1) is 17.3. The number of hydrogen-bond acceptors (Lipinski definition) is 9. The van der Waals surface area contributed by atoms with Crippen LogP contribution in [0.2, 0.25) is 0 Å². The molecule has 0 aromatic heterocycles. The van der Waals surface area contributed by atoms with Gasteiger partial charge in [-0.05, 0) is 61.1 Å². The van der Waals surface area contributed by atoms with Crippen molar-refractivity contribution in [3.63, 3.8) is 0 Å². The molecule has 1 fully saturated rings. The van der Waals surface area contributed by atoms with E-state index in [1.165, 1.54) is 0 Å². The molecule has 4 atom stereocenters. The molecule has 3 aliphatic rings. The van der Waals surface area contributed by atoms with E-state index in [4.69, 9.17) is 5.73 Å². The maximum Gasteiger partial charge on any atom is 0.255 e. The van der Waals surface area contributed by atoms with Gasteiger partial charge in [-0.15, -0.1) is 0 Å². The topological polar surface area (TPSA) is 182 Å². The summed E-state index contributed by atoms with van der Waals surface area (Å²) in [4.78, 5) is 39.8. The van der Waals surface area contributed by atoms with Crippen LogP contribution in [-0.4, -0.2) is 69.3 Å². The van der Waals surface area contributed by atoms with Crippen LogP contribution in [0.5, 0.6) is 5.75 Å². The standard InChI is InChI=1S/C27H34N2O8/c1-12(6-7-30)4-5-13-10-17(29(2)3)16-9-14-8-15-11-18(31)21(26(28)36)25(35)27(15,37)24(34)19(14)23(33)20(16)22(13)32/h10,12,14-15,30,32-33,35,37H,4-9,11H2,1-3H3,(H2,28,36)/t12?,14-,15+,27+/m1/s1. The van der Waals surface area contributed by atoms with Crippen LogP contribution in [0.1, 0.15) is 49.3 Å². The number of amides is 1. The Hall–Kier alpha value is -3.37. The van der Waals surface area contributed by atoms with Crippen molar-refractivity contribution in [2.45, 2.75) is 51.0 Å². The number of Topliss-reactive ketones (excluding diaryl/α,β-unsaturated/α-hetero) is 2. The van der Waals surface area contributed by atoms with Gasteiger partial charge in [-0.2, -0.15) is 0 Å². The summed E-state index contributed by atoms with van der Waals surface area (Å²) >= 11 is 0. The predicted octanol–water partition coefficient (Wildman–Crippen LogP) is 1.44. The molecule has 37 heavy (non-hydrogen) atoms. The first-order valence-electron chi connectivity index (χ1n) is 12.5. The fourth-order valence-corrected chi connectivity index (χ4v) is 6.08. The first-order valence-corrected chi connectivity index (χ1v) is 12.5. The van der Waals surface area contributed by atoms with E-state index in [0.717, 1.165) is 5.69 Å². The Labute approximate surface area is 214 Å². The molecule has 200 valence electrons. The molecular weight excluding hydrogens is 480 g/mol. The molecule has 10 heteroatoms. The minimum Gasteiger partial charge on any atom is -0.508 e. The second-order valence-corrected chi connectivity index (χ2v) is 10.7. The molecule has 1 aromatic carbocycles. The number of nitrogens with zero attached hydrogens (tertiary/aromatic N) is 1. The highest BCUT2D eigenvalue weighted by Gasteiger charge is 2.60. The van der Waals surface area contributed by atoms with Gasteiger partial charge in [-0.3, -0.25) is 14.4 Å². The van der Waals surface area contributed by atoms with E-state index >= 15 is 0 Å². The number of aryl methyl sites for hydroxylation is 1. The zero-order valence-corrected chi connectivity index (χ0v) is 21.2. The number of nitrogens with two attached hydrogens (primary N) is 1. The molecule has 1 saturated carbocycles. The van der Waals surface area contributed by atoms with E-state index < -0.39 is 52.0 Å². The van der Waals surface area contributed by atoms with Gasteiger partial charge in [0, 0.05) is 44.3 Å². The Bertz CT molecular complexity index is 1250. The largest absolute Gasteiger partial charge is 0.508 e. The number of phenols is 1. The number of phenolic OH excluding ortho intramolecular Hbond substituents is 1. The van der Waals surface area contributed by atoms with Crippen LogP contribution in [-0.2, 0) is 27.2 Å². The maximum absolute atomic E-state index is 13.7. The molecular formula is C27H34N2O8. The number of fused-ring (bicyclic) bond motifs is 3. The van der Waals surface area contributed by atoms with Crippen LogP contribution in [0.3, 0.4) is 0 Å². The molecule has 1 aromatic rings. The number of hydrogen-bond donors (Lipinski definition) is 6. The Kier molecular flexibility index (Phi) is 6.85. The van der Waals surface area contributed by atoms with Gasteiger partial charge in [-0.25, -0.2) is 0 Å². The fourth-order valence-electron chi connectivity index (χ4n) is 6.08. The summed E-state index contributed by atoms with van der Waals surface area (Å²) < 4.78 is 0. The molecule has 0 heterocycles. The van der Waals surface area contributed by atoms with E-state index in [1.54, 1.807) is 0 Å². The van der Waals surface area contributed by atoms with E-state index in [-0.39, 0.29) is 48.7 Å². The maximum atomic E-state index is 13.7. The number of carbonyl (C=O) groups excluding carboxylic acids is 3. The van der Waals surface area contributed by atoms with Crippen LogP contribution in [0.25, 0.3) is 5.76 Å². The monoisotopic (exact) mass is 514 g/mol. The van der Waals surface area contributed by atoms with Crippen molar-refractivity contribution in [2.24, 2.45) is 23.5 Å². The first kappa shape index (κ1) is 26.7. The highest BCUT2D eigenvalue weighted by molar-refractivity contribution is 6.22. The van der Waals surface area contributed by atoms with Crippen LogP contribution >= 0.6 is 0 Å². The molecule has 7 N–H and O–H groups in total. The normalized spacial score (nSPS) is 26.0. The quantitative estimate of drug-likeness (QED) is 0.293. The summed E-state index contributed by atoms with van der Waals surface area (Å²) in [6.07, 6.45) is 1.78. The number of aliphatic hydroxyl groups is 4. The molecule has 0 radical (unpaired) electrons. The van der Waals surface area contributed by atoms with Crippen molar-refractivity contribution in [2.75, 3.05) is 25.6 Å². The molecule has 0 saturated heterocycles. The fraction of sp³-hybridized carbons (Fsp3) is 0.519. The van der Waals surface area contributed by atoms with Gasteiger partial charge in [0.15, 0.2) is 11.4 Å². The smallest absolute Gasteiger partial charge is 0.255 e. The Balaban J connectivity index is 1.87. The number of aliphatic hydroxyl groups excluding tert-OH is 3. The summed E-state index contributed by atoms with van der Waals surface area (Å²) in [5.74, 6) is -6.10. The average Bonchev–Trinajstić information content (AvgIpc) is 2.80. The van der Waals surface area contributed by atoms with Crippen LogP contribution < -0.4 is 10.6 Å². The lowest BCUT2D eigenvalue weighted by molar-refractivity contribution is -0.147. The van der Waals surface area contributed by atoms with Crippen molar-refractivity contribution < 1.29 is 39.9 Å². The third-order valence-electron chi connectivity index (χ3n) is 8.13. The summed E-state index contributed by atoms with van der Waals surface area (Å²) in [5.41, 5.74) is 3.77. The van der Waals surface area contributed by atoms with E-state index in [2.05, 4.69) is 0 Å². The van der Waals surface area contributed by atoms with E-state index in [9.17, 15) is 39.9 Å². The molecule has 1 unspecified atom stereocenters. The Morgan fingerprint density at radius 1 is 1.19 bits per heavy atom. The number of rotatable bonds is 7. The van der Waals surface area contributed by atoms with Crippen molar-refractivity contribution in [3.8, 4) is 5.75 Å². The highest BCUT2D eigenvalue weighted by Crippen LogP contribution is 2.53. The van der Waals surface area contributed by atoms with Gasteiger partial charge in [-0.1, -0.05) is 6.92 Å². The molecule has 1 amide bonds. The van der Waals surface area contributed by atoms with Crippen molar-refractivity contribution in [3.05, 3.63) is 39.7 Å². The summed E-state index contributed by atoms with van der Waals surface area (Å²) in [7, 11) is 3.67. The lowest BCUT2D eigenvalue weighted by atomic mass is 9.59. The molecule has 0 spiro atoms. The number of primary amides is 1. The molecule has 4 rings (SSSR count). The Morgan fingerprint density at radius 2 is 1.86 bits per heavy atom.